The Labute approximate surface area is 93.0 Å². The molecule has 0 aromatic carbocycles. The van der Waals surface area contributed by atoms with Crippen molar-refractivity contribution < 1.29 is 4.74 Å². The van der Waals surface area contributed by atoms with E-state index in [4.69, 9.17) is 22.1 Å². The predicted molar refractivity (Wildman–Crippen MR) is 58.9 cm³/mol. The fourth-order valence-corrected chi connectivity index (χ4v) is 1.66. The molecule has 1 aliphatic heterocycles. The fourth-order valence-electron chi connectivity index (χ4n) is 1.53. The zero-order chi connectivity index (χ0) is 10.7. The van der Waals surface area contributed by atoms with Gasteiger partial charge in [0.15, 0.2) is 11.0 Å². The molecule has 0 spiro atoms. The highest BCUT2D eigenvalue weighted by molar-refractivity contribution is 6.32. The maximum atomic E-state index is 5.76. The SMILES string of the molecule is Nc1c(Cl)ncnc1NC[C@@H]1CCCO1. The molecular weight excluding hydrogens is 216 g/mol. The van der Waals surface area contributed by atoms with Gasteiger partial charge in [0.1, 0.15) is 12.0 Å². The van der Waals surface area contributed by atoms with E-state index in [-0.39, 0.29) is 11.3 Å². The van der Waals surface area contributed by atoms with Gasteiger partial charge < -0.3 is 15.8 Å². The quantitative estimate of drug-likeness (QED) is 0.763. The Morgan fingerprint density at radius 2 is 2.47 bits per heavy atom. The van der Waals surface area contributed by atoms with Crippen molar-refractivity contribution in [1.29, 1.82) is 0 Å². The first kappa shape index (κ1) is 10.4. The molecule has 5 nitrogen and oxygen atoms in total. The minimum Gasteiger partial charge on any atom is -0.393 e. The largest absolute Gasteiger partial charge is 0.393 e. The molecule has 2 heterocycles. The van der Waals surface area contributed by atoms with Crippen LogP contribution in [0.5, 0.6) is 0 Å². The molecule has 6 heteroatoms. The second-order valence-corrected chi connectivity index (χ2v) is 3.80. The van der Waals surface area contributed by atoms with Crippen molar-refractivity contribution in [3.63, 3.8) is 0 Å². The third-order valence-electron chi connectivity index (χ3n) is 2.36. The summed E-state index contributed by atoms with van der Waals surface area (Å²) in [5, 5.41) is 3.39. The third kappa shape index (κ3) is 2.49. The van der Waals surface area contributed by atoms with Crippen molar-refractivity contribution >= 4 is 23.1 Å². The first-order valence-electron chi connectivity index (χ1n) is 4.89. The van der Waals surface area contributed by atoms with Crippen molar-refractivity contribution in [2.75, 3.05) is 24.2 Å². The number of nitrogens with one attached hydrogen (secondary N) is 1. The van der Waals surface area contributed by atoms with Gasteiger partial charge in [0.25, 0.3) is 0 Å². The Kier molecular flexibility index (Phi) is 3.23. The van der Waals surface area contributed by atoms with Gasteiger partial charge in [-0.05, 0) is 12.8 Å². The van der Waals surface area contributed by atoms with E-state index >= 15 is 0 Å². The molecule has 15 heavy (non-hydrogen) atoms. The number of aromatic nitrogens is 2. The molecular formula is C9H13ClN4O. The molecule has 0 unspecified atom stereocenters. The van der Waals surface area contributed by atoms with E-state index in [2.05, 4.69) is 15.3 Å². The summed E-state index contributed by atoms with van der Waals surface area (Å²) in [6, 6.07) is 0. The molecule has 1 aliphatic rings. The molecule has 3 N–H and O–H groups in total. The number of nitrogens with two attached hydrogens (primary N) is 1. The highest BCUT2D eigenvalue weighted by Gasteiger charge is 2.16. The van der Waals surface area contributed by atoms with Gasteiger partial charge in [0.05, 0.1) is 6.10 Å². The smallest absolute Gasteiger partial charge is 0.157 e. The van der Waals surface area contributed by atoms with E-state index in [1.165, 1.54) is 6.33 Å². The zero-order valence-electron chi connectivity index (χ0n) is 8.24. The van der Waals surface area contributed by atoms with E-state index in [1.54, 1.807) is 0 Å². The summed E-state index contributed by atoms with van der Waals surface area (Å²) in [6.07, 6.45) is 3.83. The van der Waals surface area contributed by atoms with Crippen molar-refractivity contribution in [3.8, 4) is 0 Å². The van der Waals surface area contributed by atoms with Crippen molar-refractivity contribution in [2.24, 2.45) is 0 Å². The van der Waals surface area contributed by atoms with Gasteiger partial charge in [-0.3, -0.25) is 0 Å². The van der Waals surface area contributed by atoms with Crippen LogP contribution in [0, 0.1) is 0 Å². The lowest BCUT2D eigenvalue weighted by atomic mass is 10.2. The number of nitrogens with zero attached hydrogens (tertiary/aromatic N) is 2. The molecule has 1 saturated heterocycles. The summed E-state index contributed by atoms with van der Waals surface area (Å²) in [6.45, 7) is 1.55. The Morgan fingerprint density at radius 1 is 1.60 bits per heavy atom. The highest BCUT2D eigenvalue weighted by atomic mass is 35.5. The lowest BCUT2D eigenvalue weighted by Crippen LogP contribution is -2.19. The van der Waals surface area contributed by atoms with Gasteiger partial charge in [0.2, 0.25) is 0 Å². The Hall–Kier alpha value is -1.07. The Bertz CT molecular complexity index is 341. The molecule has 1 aromatic heterocycles. The van der Waals surface area contributed by atoms with Gasteiger partial charge >= 0.3 is 0 Å². The van der Waals surface area contributed by atoms with Crippen LogP contribution in [0.15, 0.2) is 6.33 Å². The van der Waals surface area contributed by atoms with Crippen LogP contribution in [-0.2, 0) is 4.74 Å². The van der Waals surface area contributed by atoms with Crippen LogP contribution in [0.1, 0.15) is 12.8 Å². The minimum atomic E-state index is 0.248. The van der Waals surface area contributed by atoms with E-state index in [9.17, 15) is 0 Å². The number of nitrogen functional groups attached to an aromatic ring is 1. The third-order valence-corrected chi connectivity index (χ3v) is 2.66. The van der Waals surface area contributed by atoms with Crippen molar-refractivity contribution in [1.82, 2.24) is 9.97 Å². The van der Waals surface area contributed by atoms with E-state index < -0.39 is 0 Å². The van der Waals surface area contributed by atoms with Crippen LogP contribution in [0.25, 0.3) is 0 Å². The average Bonchev–Trinajstić information content (AvgIpc) is 2.73. The number of ether oxygens (including phenoxy) is 1. The molecule has 0 bridgehead atoms. The predicted octanol–water partition coefficient (Wildman–Crippen LogP) is 1.30. The number of rotatable bonds is 3. The maximum Gasteiger partial charge on any atom is 0.157 e. The maximum absolute atomic E-state index is 5.76. The fraction of sp³-hybridized carbons (Fsp3) is 0.556. The Morgan fingerprint density at radius 3 is 3.20 bits per heavy atom. The molecule has 82 valence electrons. The van der Waals surface area contributed by atoms with Crippen LogP contribution >= 0.6 is 11.6 Å². The molecule has 1 atom stereocenters. The normalized spacial score (nSPS) is 20.5. The molecule has 0 radical (unpaired) electrons. The zero-order valence-corrected chi connectivity index (χ0v) is 9.00. The molecule has 2 rings (SSSR count). The standard InChI is InChI=1S/C9H13ClN4O/c10-8-7(11)9(14-5-13-8)12-4-6-2-1-3-15-6/h5-6H,1-4,11H2,(H,12,13,14)/t6-/m0/s1. The number of anilines is 2. The average molecular weight is 229 g/mol. The summed E-state index contributed by atoms with van der Waals surface area (Å²) in [5.41, 5.74) is 6.09. The summed E-state index contributed by atoms with van der Waals surface area (Å²) in [7, 11) is 0. The van der Waals surface area contributed by atoms with Gasteiger partial charge in [-0.1, -0.05) is 11.6 Å². The first-order chi connectivity index (χ1) is 7.27. The molecule has 1 aromatic rings. The van der Waals surface area contributed by atoms with Crippen LogP contribution in [0.4, 0.5) is 11.5 Å². The van der Waals surface area contributed by atoms with Crippen LogP contribution < -0.4 is 11.1 Å². The minimum absolute atomic E-state index is 0.248. The summed E-state index contributed by atoms with van der Waals surface area (Å²) in [5.74, 6) is 0.575. The van der Waals surface area contributed by atoms with Crippen LogP contribution in [0.2, 0.25) is 5.15 Å². The summed E-state index contributed by atoms with van der Waals surface area (Å²) < 4.78 is 5.47. The van der Waals surface area contributed by atoms with Crippen LogP contribution in [-0.4, -0.2) is 29.2 Å². The van der Waals surface area contributed by atoms with E-state index in [0.29, 0.717) is 18.1 Å². The number of hydrogen-bond acceptors (Lipinski definition) is 5. The van der Waals surface area contributed by atoms with Crippen molar-refractivity contribution in [3.05, 3.63) is 11.5 Å². The Balaban J connectivity index is 1.95. The van der Waals surface area contributed by atoms with E-state index in [1.807, 2.05) is 0 Å². The van der Waals surface area contributed by atoms with Gasteiger partial charge in [-0.2, -0.15) is 0 Å². The lowest BCUT2D eigenvalue weighted by Gasteiger charge is -2.12. The van der Waals surface area contributed by atoms with Gasteiger partial charge in [0, 0.05) is 13.2 Å². The second kappa shape index (κ2) is 4.63. The lowest BCUT2D eigenvalue weighted by molar-refractivity contribution is 0.120. The topological polar surface area (TPSA) is 73.1 Å². The molecule has 0 amide bonds. The second-order valence-electron chi connectivity index (χ2n) is 3.44. The summed E-state index contributed by atoms with van der Waals surface area (Å²) >= 11 is 5.76. The first-order valence-corrected chi connectivity index (χ1v) is 5.26. The molecule has 0 aliphatic carbocycles. The monoisotopic (exact) mass is 228 g/mol. The van der Waals surface area contributed by atoms with Crippen LogP contribution in [0.3, 0.4) is 0 Å². The summed E-state index contributed by atoms with van der Waals surface area (Å²) in [4.78, 5) is 7.79. The molecule has 1 fully saturated rings. The van der Waals surface area contributed by atoms with E-state index in [0.717, 1.165) is 19.4 Å². The van der Waals surface area contributed by atoms with Gasteiger partial charge in [-0.15, -0.1) is 0 Å². The number of halogens is 1. The highest BCUT2D eigenvalue weighted by Crippen LogP contribution is 2.22. The van der Waals surface area contributed by atoms with Gasteiger partial charge in [-0.25, -0.2) is 9.97 Å². The number of hydrogen-bond donors (Lipinski definition) is 2. The van der Waals surface area contributed by atoms with Crippen molar-refractivity contribution in [2.45, 2.75) is 18.9 Å². The molecule has 0 saturated carbocycles.